The number of hydrogen-bond acceptors (Lipinski definition) is 15. The van der Waals surface area contributed by atoms with Gasteiger partial charge >= 0.3 is 0 Å². The lowest BCUT2D eigenvalue weighted by Gasteiger charge is -2.12. The molecule has 2 aromatic carbocycles. The highest BCUT2D eigenvalue weighted by Gasteiger charge is 2.32. The van der Waals surface area contributed by atoms with Crippen LogP contribution in [0.25, 0.3) is 41.7 Å². The van der Waals surface area contributed by atoms with E-state index < -0.39 is 12.2 Å². The number of ketones is 3. The van der Waals surface area contributed by atoms with Gasteiger partial charge in [0.2, 0.25) is 5.78 Å². The Bertz CT molecular complexity index is 2720. The van der Waals surface area contributed by atoms with Gasteiger partial charge in [0.25, 0.3) is 0 Å². The summed E-state index contributed by atoms with van der Waals surface area (Å²) in [5, 5.41) is 24.9. The number of thiophene rings is 3. The highest BCUT2D eigenvalue weighted by molar-refractivity contribution is 7.21. The fourth-order valence-corrected chi connectivity index (χ4v) is 10.0. The lowest BCUT2D eigenvalue weighted by molar-refractivity contribution is 0.0982. The van der Waals surface area contributed by atoms with Crippen molar-refractivity contribution in [1.29, 1.82) is 0 Å². The Kier molecular flexibility index (Phi) is 11.5. The van der Waals surface area contributed by atoms with Gasteiger partial charge < -0.3 is 29.2 Å². The Balaban J connectivity index is 0.000000133. The molecule has 2 N–H and O–H groups in total. The summed E-state index contributed by atoms with van der Waals surface area (Å²) in [5.41, 5.74) is 1.10. The van der Waals surface area contributed by atoms with Gasteiger partial charge in [0.05, 0.1) is 65.4 Å². The van der Waals surface area contributed by atoms with Crippen molar-refractivity contribution in [3.63, 3.8) is 0 Å². The zero-order chi connectivity index (χ0) is 41.4. The zero-order valence-electron chi connectivity index (χ0n) is 32.4. The predicted molar refractivity (Wildman–Crippen MR) is 227 cm³/mol. The number of Topliss-reactive ketones (excluding diaryl/α,β-unsaturated/α-hetero) is 1. The van der Waals surface area contributed by atoms with Gasteiger partial charge in [-0.1, -0.05) is 0 Å². The molecule has 0 saturated heterocycles. The summed E-state index contributed by atoms with van der Waals surface area (Å²) in [6.45, 7) is 4.93. The molecule has 0 bridgehead atoms. The van der Waals surface area contributed by atoms with Crippen LogP contribution in [0.3, 0.4) is 0 Å². The van der Waals surface area contributed by atoms with E-state index in [1.807, 2.05) is 24.3 Å². The number of aromatic nitrogens is 3. The molecule has 1 aliphatic rings. The van der Waals surface area contributed by atoms with E-state index in [1.54, 1.807) is 86.1 Å². The van der Waals surface area contributed by atoms with Gasteiger partial charge in [-0.3, -0.25) is 29.3 Å². The summed E-state index contributed by atoms with van der Waals surface area (Å²) >= 11 is 4.13. The Labute approximate surface area is 344 Å². The van der Waals surface area contributed by atoms with E-state index >= 15 is 0 Å². The molecule has 2 atom stereocenters. The Morgan fingerprint density at radius 1 is 0.569 bits per heavy atom. The lowest BCUT2D eigenvalue weighted by Crippen LogP contribution is -2.18. The van der Waals surface area contributed by atoms with Crippen molar-refractivity contribution in [3.05, 3.63) is 110 Å². The molecule has 2 unspecified atom stereocenters. The van der Waals surface area contributed by atoms with Gasteiger partial charge in [0.1, 0.15) is 23.0 Å². The van der Waals surface area contributed by atoms with Crippen LogP contribution < -0.4 is 18.9 Å². The summed E-state index contributed by atoms with van der Waals surface area (Å²) in [6, 6.07) is 10.8. The molecule has 0 radical (unpaired) electrons. The third-order valence-electron chi connectivity index (χ3n) is 9.50. The lowest BCUT2D eigenvalue weighted by atomic mass is 9.90. The molecular formula is C43H37N3O9S3. The van der Waals surface area contributed by atoms with E-state index in [0.29, 0.717) is 31.3 Å². The van der Waals surface area contributed by atoms with Gasteiger partial charge in [0, 0.05) is 90.4 Å². The average Bonchev–Trinajstić information content (AvgIpc) is 4.00. The SMILES string of the molecule is CC(O)c1cc2c(s1)C(=O)c1ccncc1C2=O.COc1c2cnccc2c(OC)c2sc(C(C)=O)cc12.COc1c2cnccc2c(OC)c2sc(C(C)O)cc12. The number of carbonyl (C=O) groups is 3. The smallest absolute Gasteiger partial charge is 0.204 e. The standard InChI is InChI=1S/C15H15NO3S.C15H13NO3S.C13H9NO3S/c2*1-8(17)12-6-10-13(18-2)11-7-16-5-4-9(11)14(19-3)15(10)20-12;1-6(15)10-4-8-11(16)9-5-14-3-2-7(9)12(17)13(8)18-10/h4-8,17H,1-3H3;4-7H,1-3H3;2-6,15H,1H3. The third-order valence-corrected chi connectivity index (χ3v) is 13.3. The van der Waals surface area contributed by atoms with Crippen molar-refractivity contribution in [1.82, 2.24) is 15.0 Å². The number of ether oxygens (including phenoxy) is 4. The zero-order valence-corrected chi connectivity index (χ0v) is 34.9. The fraction of sp³-hybridized carbons (Fsp3) is 0.209. The number of carbonyl (C=O) groups excluding carboxylic acids is 3. The number of nitrogens with zero attached hydrogens (tertiary/aromatic N) is 3. The molecule has 296 valence electrons. The molecule has 0 aliphatic heterocycles. The van der Waals surface area contributed by atoms with Crippen LogP contribution in [0, 0.1) is 0 Å². The molecule has 1 aliphatic carbocycles. The van der Waals surface area contributed by atoms with Gasteiger partial charge in [-0.2, -0.15) is 0 Å². The number of rotatable bonds is 7. The maximum absolute atomic E-state index is 12.2. The number of aliphatic hydroxyl groups excluding tert-OH is 2. The second kappa shape index (κ2) is 16.6. The number of hydrogen-bond donors (Lipinski definition) is 2. The Hall–Kier alpha value is -5.84. The van der Waals surface area contributed by atoms with Crippen molar-refractivity contribution < 1.29 is 43.5 Å². The first-order valence-electron chi connectivity index (χ1n) is 17.8. The normalized spacial score (nSPS) is 12.9. The minimum Gasteiger partial charge on any atom is -0.495 e. The maximum Gasteiger partial charge on any atom is 0.204 e. The van der Waals surface area contributed by atoms with Crippen molar-refractivity contribution in [2.24, 2.45) is 0 Å². The molecule has 58 heavy (non-hydrogen) atoms. The van der Waals surface area contributed by atoms with E-state index in [0.717, 1.165) is 69.6 Å². The molecular weight excluding hydrogens is 799 g/mol. The van der Waals surface area contributed by atoms with Gasteiger partial charge in [-0.25, -0.2) is 0 Å². The Morgan fingerprint density at radius 3 is 1.60 bits per heavy atom. The van der Waals surface area contributed by atoms with E-state index in [9.17, 15) is 24.6 Å². The van der Waals surface area contributed by atoms with Gasteiger partial charge in [-0.15, -0.1) is 34.0 Å². The fourth-order valence-electron chi connectivity index (χ4n) is 6.78. The number of fused-ring (bicyclic) bond motifs is 6. The number of benzene rings is 2. The van der Waals surface area contributed by atoms with Crippen LogP contribution in [0.5, 0.6) is 23.0 Å². The number of methoxy groups -OCH3 is 4. The third kappa shape index (κ3) is 7.05. The van der Waals surface area contributed by atoms with Gasteiger partial charge in [-0.05, 0) is 57.2 Å². The molecule has 12 nitrogen and oxygen atoms in total. The quantitative estimate of drug-likeness (QED) is 0.146. The molecule has 15 heteroatoms. The molecule has 0 fully saturated rings. The molecule has 0 spiro atoms. The van der Waals surface area contributed by atoms with Crippen LogP contribution in [0.15, 0.2) is 73.6 Å². The number of aliphatic hydroxyl groups is 2. The highest BCUT2D eigenvalue weighted by Crippen LogP contribution is 2.48. The summed E-state index contributed by atoms with van der Waals surface area (Å²) in [6.07, 6.45) is 8.70. The summed E-state index contributed by atoms with van der Waals surface area (Å²) in [4.78, 5) is 50.9. The molecule has 0 amide bonds. The van der Waals surface area contributed by atoms with Gasteiger partial charge in [0.15, 0.2) is 11.6 Å². The van der Waals surface area contributed by atoms with Crippen LogP contribution >= 0.6 is 34.0 Å². The number of pyridine rings is 3. The summed E-state index contributed by atoms with van der Waals surface area (Å²) < 4.78 is 24.1. The molecule has 9 rings (SSSR count). The summed E-state index contributed by atoms with van der Waals surface area (Å²) in [7, 11) is 6.56. The van der Waals surface area contributed by atoms with Crippen LogP contribution in [-0.2, 0) is 0 Å². The van der Waals surface area contributed by atoms with E-state index in [-0.39, 0.29) is 17.3 Å². The topological polar surface area (TPSA) is 167 Å². The molecule has 0 saturated carbocycles. The Morgan fingerprint density at radius 2 is 1.07 bits per heavy atom. The van der Waals surface area contributed by atoms with Crippen molar-refractivity contribution in [2.45, 2.75) is 33.0 Å². The molecule has 6 heterocycles. The monoisotopic (exact) mass is 835 g/mol. The predicted octanol–water partition coefficient (Wildman–Crippen LogP) is 9.16. The highest BCUT2D eigenvalue weighted by atomic mass is 32.1. The molecule has 6 aromatic heterocycles. The minimum absolute atomic E-state index is 0.0393. The molecule has 8 aromatic rings. The first-order chi connectivity index (χ1) is 27.9. The first-order valence-corrected chi connectivity index (χ1v) is 20.2. The van der Waals surface area contributed by atoms with Crippen molar-refractivity contribution in [3.8, 4) is 23.0 Å². The van der Waals surface area contributed by atoms with E-state index in [1.165, 1.54) is 46.4 Å². The second-order valence-corrected chi connectivity index (χ2v) is 16.3. The average molecular weight is 836 g/mol. The van der Waals surface area contributed by atoms with Crippen LogP contribution in [-0.4, -0.2) is 71.0 Å². The van der Waals surface area contributed by atoms with Crippen molar-refractivity contribution in [2.75, 3.05) is 28.4 Å². The van der Waals surface area contributed by atoms with Crippen LogP contribution in [0.2, 0.25) is 0 Å². The summed E-state index contributed by atoms with van der Waals surface area (Å²) in [5.74, 6) is 2.73. The largest absolute Gasteiger partial charge is 0.495 e. The second-order valence-electron chi connectivity index (χ2n) is 13.1. The van der Waals surface area contributed by atoms with Crippen LogP contribution in [0.4, 0.5) is 0 Å². The first kappa shape index (κ1) is 40.4. The van der Waals surface area contributed by atoms with E-state index in [4.69, 9.17) is 18.9 Å². The van der Waals surface area contributed by atoms with Crippen LogP contribution in [0.1, 0.15) is 83.6 Å². The van der Waals surface area contributed by atoms with E-state index in [2.05, 4.69) is 15.0 Å². The maximum atomic E-state index is 12.2. The minimum atomic E-state index is -0.678. The van der Waals surface area contributed by atoms with Crippen molar-refractivity contribution >= 4 is 93.1 Å².